The quantitative estimate of drug-likeness (QED) is 0.561. The van der Waals surface area contributed by atoms with Gasteiger partial charge < -0.3 is 9.84 Å². The maximum Gasteiger partial charge on any atom is 0.411 e. The van der Waals surface area contributed by atoms with Gasteiger partial charge in [-0.15, -0.1) is 17.9 Å². The van der Waals surface area contributed by atoms with Crippen LogP contribution in [0, 0.1) is 0 Å². The largest absolute Gasteiger partial charge is 0.479 e. The van der Waals surface area contributed by atoms with Crippen molar-refractivity contribution in [1.82, 2.24) is 14.9 Å². The summed E-state index contributed by atoms with van der Waals surface area (Å²) in [5, 5.41) is 11.3. The van der Waals surface area contributed by atoms with E-state index in [1.165, 1.54) is 16.2 Å². The number of benzene rings is 1. The van der Waals surface area contributed by atoms with Gasteiger partial charge in [-0.2, -0.15) is 5.06 Å². The number of nitrogens with zero attached hydrogens (tertiary/aromatic N) is 3. The molecule has 0 bridgehead atoms. The van der Waals surface area contributed by atoms with Crippen molar-refractivity contribution in [1.29, 1.82) is 0 Å². The smallest absolute Gasteiger partial charge is 0.411 e. The summed E-state index contributed by atoms with van der Waals surface area (Å²) in [6.45, 7) is 4.07. The van der Waals surface area contributed by atoms with E-state index in [9.17, 15) is 14.7 Å². The SMILES string of the molecule is C=CCON(C)C1CN(C(=O)OCc2ccccc2)C(C(=O)O)c2ncsc21. The summed E-state index contributed by atoms with van der Waals surface area (Å²) < 4.78 is 5.37. The van der Waals surface area contributed by atoms with E-state index in [0.29, 0.717) is 12.3 Å². The van der Waals surface area contributed by atoms with E-state index in [-0.39, 0.29) is 19.2 Å². The first-order valence-corrected chi connectivity index (χ1v) is 9.51. The van der Waals surface area contributed by atoms with Crippen LogP contribution in [0.2, 0.25) is 0 Å². The van der Waals surface area contributed by atoms with Crippen LogP contribution in [0.4, 0.5) is 4.79 Å². The van der Waals surface area contributed by atoms with Crippen LogP contribution in [0.25, 0.3) is 0 Å². The Bertz CT molecular complexity index is 841. The number of aliphatic carboxylic acids is 1. The molecule has 1 aromatic heterocycles. The lowest BCUT2D eigenvalue weighted by atomic mass is 10.0. The van der Waals surface area contributed by atoms with Gasteiger partial charge >= 0.3 is 12.1 Å². The Hall–Kier alpha value is -2.75. The highest BCUT2D eigenvalue weighted by molar-refractivity contribution is 7.09. The third kappa shape index (κ3) is 4.22. The van der Waals surface area contributed by atoms with Crippen molar-refractivity contribution in [2.45, 2.75) is 18.7 Å². The number of carboxylic acid groups (broad SMARTS) is 1. The van der Waals surface area contributed by atoms with Gasteiger partial charge in [0.1, 0.15) is 6.61 Å². The highest BCUT2D eigenvalue weighted by Crippen LogP contribution is 2.39. The number of thiazole rings is 1. The van der Waals surface area contributed by atoms with Gasteiger partial charge in [-0.3, -0.25) is 9.74 Å². The molecule has 1 aromatic carbocycles. The maximum absolute atomic E-state index is 12.7. The molecular formula is C19H21N3O5S. The molecule has 0 spiro atoms. The molecule has 1 amide bonds. The molecule has 8 nitrogen and oxygen atoms in total. The first-order valence-electron chi connectivity index (χ1n) is 8.63. The third-order valence-electron chi connectivity index (χ3n) is 4.38. The number of carbonyl (C=O) groups is 2. The van der Waals surface area contributed by atoms with Crippen molar-refractivity contribution in [3.8, 4) is 0 Å². The number of carbonyl (C=O) groups excluding carboxylic acids is 1. The lowest BCUT2D eigenvalue weighted by Gasteiger charge is -2.38. The van der Waals surface area contributed by atoms with Gasteiger partial charge in [0, 0.05) is 13.6 Å². The van der Waals surface area contributed by atoms with E-state index in [4.69, 9.17) is 9.57 Å². The summed E-state index contributed by atoms with van der Waals surface area (Å²) in [4.78, 5) is 36.4. The van der Waals surface area contributed by atoms with Crippen molar-refractivity contribution in [2.24, 2.45) is 0 Å². The molecule has 1 aliphatic rings. The van der Waals surface area contributed by atoms with Gasteiger partial charge in [0.2, 0.25) is 0 Å². The van der Waals surface area contributed by atoms with Crippen LogP contribution < -0.4 is 0 Å². The fourth-order valence-corrected chi connectivity index (χ4v) is 3.96. The Morgan fingerprint density at radius 3 is 2.86 bits per heavy atom. The van der Waals surface area contributed by atoms with Crippen LogP contribution in [0.15, 0.2) is 48.5 Å². The molecule has 0 saturated carbocycles. The molecule has 0 fully saturated rings. The molecule has 2 heterocycles. The van der Waals surface area contributed by atoms with E-state index >= 15 is 0 Å². The van der Waals surface area contributed by atoms with Gasteiger partial charge in [-0.25, -0.2) is 14.6 Å². The standard InChI is InChI=1S/C19H21N3O5S/c1-3-9-27-21(2)14-10-22(16(18(23)24)15-17(14)28-12-20-15)19(25)26-11-13-7-5-4-6-8-13/h3-8,12,14,16H,1,9-11H2,2H3,(H,23,24). The van der Waals surface area contributed by atoms with Gasteiger partial charge in [0.05, 0.1) is 28.7 Å². The Labute approximate surface area is 166 Å². The number of carboxylic acids is 1. The highest BCUT2D eigenvalue weighted by atomic mass is 32.1. The van der Waals surface area contributed by atoms with Crippen LogP contribution in [-0.4, -0.2) is 52.3 Å². The van der Waals surface area contributed by atoms with Crippen LogP contribution in [0.5, 0.6) is 0 Å². The molecule has 0 radical (unpaired) electrons. The molecule has 0 aliphatic carbocycles. The van der Waals surface area contributed by atoms with E-state index in [1.807, 2.05) is 30.3 Å². The molecule has 1 aliphatic heterocycles. The topological polar surface area (TPSA) is 92.2 Å². The number of hydrogen-bond donors (Lipinski definition) is 1. The molecule has 3 rings (SSSR count). The molecule has 2 aromatic rings. The molecule has 2 atom stereocenters. The predicted molar refractivity (Wildman–Crippen MR) is 102 cm³/mol. The molecule has 2 unspecified atom stereocenters. The highest BCUT2D eigenvalue weighted by Gasteiger charge is 2.44. The van der Waals surface area contributed by atoms with Gasteiger partial charge in [-0.05, 0) is 5.56 Å². The summed E-state index contributed by atoms with van der Waals surface area (Å²) in [6.07, 6.45) is 0.899. The fourth-order valence-electron chi connectivity index (χ4n) is 3.01. The summed E-state index contributed by atoms with van der Waals surface area (Å²) in [7, 11) is 1.73. The number of hydrogen-bond acceptors (Lipinski definition) is 7. The minimum absolute atomic E-state index is 0.0555. The first kappa shape index (κ1) is 20.0. The molecule has 0 saturated heterocycles. The minimum Gasteiger partial charge on any atom is -0.479 e. The monoisotopic (exact) mass is 403 g/mol. The number of likely N-dealkylation sites (N-methyl/N-ethyl adjacent to an activating group) is 1. The Morgan fingerprint density at radius 1 is 1.43 bits per heavy atom. The first-order chi connectivity index (χ1) is 13.5. The van der Waals surface area contributed by atoms with Crippen LogP contribution in [-0.2, 0) is 21.0 Å². The molecule has 148 valence electrons. The second-order valence-electron chi connectivity index (χ2n) is 6.18. The van der Waals surface area contributed by atoms with E-state index in [1.54, 1.807) is 23.7 Å². The van der Waals surface area contributed by atoms with Gasteiger partial charge in [0.25, 0.3) is 0 Å². The number of fused-ring (bicyclic) bond motifs is 1. The number of rotatable bonds is 7. The third-order valence-corrected chi connectivity index (χ3v) is 5.32. The summed E-state index contributed by atoms with van der Waals surface area (Å²) in [5.41, 5.74) is 2.73. The summed E-state index contributed by atoms with van der Waals surface area (Å²) >= 11 is 1.34. The fraction of sp³-hybridized carbons (Fsp3) is 0.316. The lowest BCUT2D eigenvalue weighted by molar-refractivity contribution is -0.169. The van der Waals surface area contributed by atoms with Crippen molar-refractivity contribution < 1.29 is 24.3 Å². The minimum atomic E-state index is -1.20. The van der Waals surface area contributed by atoms with Crippen molar-refractivity contribution >= 4 is 23.4 Å². The van der Waals surface area contributed by atoms with Crippen molar-refractivity contribution in [2.75, 3.05) is 20.2 Å². The number of hydroxylamine groups is 2. The molecule has 28 heavy (non-hydrogen) atoms. The van der Waals surface area contributed by atoms with Crippen molar-refractivity contribution in [3.05, 3.63) is 64.6 Å². The Kier molecular flexibility index (Phi) is 6.40. The zero-order valence-electron chi connectivity index (χ0n) is 15.4. The maximum atomic E-state index is 12.7. The van der Waals surface area contributed by atoms with Gasteiger partial charge in [0.15, 0.2) is 6.04 Å². The summed E-state index contributed by atoms with van der Waals surface area (Å²) in [5.74, 6) is -1.16. The Morgan fingerprint density at radius 2 is 2.18 bits per heavy atom. The van der Waals surface area contributed by atoms with Gasteiger partial charge in [-0.1, -0.05) is 36.4 Å². The molecule has 9 heteroatoms. The number of aromatic nitrogens is 1. The second-order valence-corrected chi connectivity index (χ2v) is 7.07. The van der Waals surface area contributed by atoms with Crippen molar-refractivity contribution in [3.63, 3.8) is 0 Å². The van der Waals surface area contributed by atoms with Crippen LogP contribution in [0.1, 0.15) is 28.2 Å². The number of amides is 1. The zero-order chi connectivity index (χ0) is 20.1. The molecular weight excluding hydrogens is 382 g/mol. The second kappa shape index (κ2) is 8.96. The van der Waals surface area contributed by atoms with E-state index in [0.717, 1.165) is 10.4 Å². The van der Waals surface area contributed by atoms with E-state index < -0.39 is 18.1 Å². The zero-order valence-corrected chi connectivity index (χ0v) is 16.2. The normalized spacial score (nSPS) is 18.6. The molecule has 1 N–H and O–H groups in total. The van der Waals surface area contributed by atoms with Crippen LogP contribution >= 0.6 is 11.3 Å². The predicted octanol–water partition coefficient (Wildman–Crippen LogP) is 3.01. The number of ether oxygens (including phenoxy) is 1. The van der Waals surface area contributed by atoms with E-state index in [2.05, 4.69) is 11.6 Å². The summed E-state index contributed by atoms with van der Waals surface area (Å²) in [6, 6.07) is 7.65. The average molecular weight is 403 g/mol. The van der Waals surface area contributed by atoms with Crippen LogP contribution in [0.3, 0.4) is 0 Å². The Balaban J connectivity index is 1.83. The average Bonchev–Trinajstić information content (AvgIpc) is 3.19. The lowest BCUT2D eigenvalue weighted by Crippen LogP contribution is -2.48.